The van der Waals surface area contributed by atoms with Gasteiger partial charge < -0.3 is 11.1 Å². The molecule has 0 saturated carbocycles. The average molecular weight is 214 g/mol. The second-order valence-electron chi connectivity index (χ2n) is 2.02. The third kappa shape index (κ3) is 4.75. The summed E-state index contributed by atoms with van der Waals surface area (Å²) >= 11 is 8.66. The number of hydrogen-bond donors (Lipinski definition) is 3. The molecule has 0 saturated heterocycles. The number of rotatable bonds is 1. The minimum absolute atomic E-state index is 0.419. The number of benzene rings is 1. The van der Waals surface area contributed by atoms with E-state index in [4.69, 9.17) is 18.0 Å². The number of para-hydroxylation sites is 2. The van der Waals surface area contributed by atoms with E-state index in [1.54, 1.807) is 6.07 Å². The summed E-state index contributed by atoms with van der Waals surface area (Å²) in [5.41, 5.74) is 7.08. The fraction of sp³-hybridized carbons (Fsp3) is 0.222. The lowest BCUT2D eigenvalue weighted by Crippen LogP contribution is -2.03. The van der Waals surface area contributed by atoms with E-state index in [1.165, 1.54) is 0 Å². The fourth-order valence-corrected chi connectivity index (χ4v) is 0.956. The molecule has 2 nitrogen and oxygen atoms in total. The molecular formula is C9H14N2S2. The summed E-state index contributed by atoms with van der Waals surface area (Å²) in [6.07, 6.45) is 0. The van der Waals surface area contributed by atoms with Gasteiger partial charge >= 0.3 is 0 Å². The number of hydrogen-bond acceptors (Lipinski definition) is 2. The van der Waals surface area contributed by atoms with Gasteiger partial charge in [-0.1, -0.05) is 38.2 Å². The molecule has 1 aromatic rings. The molecular weight excluding hydrogens is 200 g/mol. The Balaban J connectivity index is 0.000000671. The summed E-state index contributed by atoms with van der Waals surface area (Å²) in [5, 5.41) is 2.84. The number of anilines is 2. The molecule has 1 rings (SSSR count). The Morgan fingerprint density at radius 2 is 1.92 bits per heavy atom. The molecule has 0 atom stereocenters. The SMILES string of the molecule is CC.Nc1ccccc1NC(=S)S. The minimum atomic E-state index is 0.419. The van der Waals surface area contributed by atoms with E-state index in [9.17, 15) is 0 Å². The summed E-state index contributed by atoms with van der Waals surface area (Å²) in [7, 11) is 0. The zero-order valence-electron chi connectivity index (χ0n) is 7.74. The molecule has 0 radical (unpaired) electrons. The molecule has 0 aliphatic rings. The highest BCUT2D eigenvalue weighted by atomic mass is 32.1. The van der Waals surface area contributed by atoms with Crippen LogP contribution >= 0.6 is 24.8 Å². The molecule has 0 heterocycles. The van der Waals surface area contributed by atoms with Gasteiger partial charge in [0.2, 0.25) is 0 Å². The summed E-state index contributed by atoms with van der Waals surface area (Å²) in [6, 6.07) is 7.39. The van der Waals surface area contributed by atoms with Crippen molar-refractivity contribution in [3.05, 3.63) is 24.3 Å². The molecule has 0 aliphatic heterocycles. The molecule has 0 fully saturated rings. The minimum Gasteiger partial charge on any atom is -0.397 e. The average Bonchev–Trinajstić information content (AvgIpc) is 2.12. The highest BCUT2D eigenvalue weighted by Crippen LogP contribution is 2.16. The summed E-state index contributed by atoms with van der Waals surface area (Å²) in [4.78, 5) is 0. The van der Waals surface area contributed by atoms with Gasteiger partial charge in [-0.3, -0.25) is 0 Å². The van der Waals surface area contributed by atoms with Crippen LogP contribution in [0.1, 0.15) is 13.8 Å². The van der Waals surface area contributed by atoms with Crippen molar-refractivity contribution in [2.45, 2.75) is 13.8 Å². The summed E-state index contributed by atoms with van der Waals surface area (Å²) in [6.45, 7) is 4.00. The second kappa shape index (κ2) is 6.74. The maximum Gasteiger partial charge on any atom is 0.135 e. The Labute approximate surface area is 89.9 Å². The number of thiocarbonyl (C=S) groups is 1. The van der Waals surface area contributed by atoms with Gasteiger partial charge in [0, 0.05) is 0 Å². The first-order valence-electron chi connectivity index (χ1n) is 4.04. The van der Waals surface area contributed by atoms with E-state index in [-0.39, 0.29) is 0 Å². The first-order chi connectivity index (χ1) is 6.20. The molecule has 3 N–H and O–H groups in total. The first-order valence-corrected chi connectivity index (χ1v) is 4.90. The van der Waals surface area contributed by atoms with Gasteiger partial charge in [-0.25, -0.2) is 0 Å². The van der Waals surface area contributed by atoms with E-state index in [2.05, 4.69) is 17.9 Å². The van der Waals surface area contributed by atoms with Crippen LogP contribution in [-0.4, -0.2) is 4.32 Å². The molecule has 0 aliphatic carbocycles. The molecule has 0 unspecified atom stereocenters. The van der Waals surface area contributed by atoms with Gasteiger partial charge in [0.15, 0.2) is 0 Å². The lowest BCUT2D eigenvalue weighted by atomic mass is 10.3. The van der Waals surface area contributed by atoms with Crippen LogP contribution in [0, 0.1) is 0 Å². The van der Waals surface area contributed by atoms with Crippen LogP contribution < -0.4 is 11.1 Å². The zero-order chi connectivity index (χ0) is 10.3. The van der Waals surface area contributed by atoms with Gasteiger partial charge in [-0.05, 0) is 12.1 Å². The summed E-state index contributed by atoms with van der Waals surface area (Å²) in [5.74, 6) is 0. The number of nitrogens with one attached hydrogen (secondary N) is 1. The van der Waals surface area contributed by atoms with Crippen molar-refractivity contribution in [2.24, 2.45) is 0 Å². The van der Waals surface area contributed by atoms with Crippen molar-refractivity contribution < 1.29 is 0 Å². The molecule has 72 valence electrons. The molecule has 13 heavy (non-hydrogen) atoms. The maximum atomic E-state index is 5.61. The molecule has 1 aromatic carbocycles. The van der Waals surface area contributed by atoms with Crippen molar-refractivity contribution in [3.63, 3.8) is 0 Å². The second-order valence-corrected chi connectivity index (χ2v) is 3.18. The molecule has 0 aromatic heterocycles. The fourth-order valence-electron chi connectivity index (χ4n) is 0.726. The predicted octanol–water partition coefficient (Wildman–Crippen LogP) is 2.92. The van der Waals surface area contributed by atoms with Crippen LogP contribution in [0.2, 0.25) is 0 Å². The zero-order valence-corrected chi connectivity index (χ0v) is 9.45. The van der Waals surface area contributed by atoms with Crippen molar-refractivity contribution in [1.29, 1.82) is 0 Å². The highest BCUT2D eigenvalue weighted by molar-refractivity contribution is 8.11. The van der Waals surface area contributed by atoms with Crippen LogP contribution in [0.25, 0.3) is 0 Å². The van der Waals surface area contributed by atoms with Gasteiger partial charge in [0.1, 0.15) is 4.32 Å². The van der Waals surface area contributed by atoms with Crippen molar-refractivity contribution in [1.82, 2.24) is 0 Å². The number of thiol groups is 1. The lowest BCUT2D eigenvalue weighted by Gasteiger charge is -2.04. The third-order valence-electron chi connectivity index (χ3n) is 1.20. The van der Waals surface area contributed by atoms with Gasteiger partial charge in [0.25, 0.3) is 0 Å². The summed E-state index contributed by atoms with van der Waals surface area (Å²) < 4.78 is 0.419. The van der Waals surface area contributed by atoms with Crippen LogP contribution in [0.5, 0.6) is 0 Å². The molecule has 4 heteroatoms. The first kappa shape index (κ1) is 12.3. The van der Waals surface area contributed by atoms with Gasteiger partial charge in [-0.15, -0.1) is 12.6 Å². The Bertz CT molecular complexity index is 274. The van der Waals surface area contributed by atoms with E-state index in [1.807, 2.05) is 32.0 Å². The van der Waals surface area contributed by atoms with Crippen LogP contribution in [0.15, 0.2) is 24.3 Å². The predicted molar refractivity (Wildman–Crippen MR) is 67.4 cm³/mol. The lowest BCUT2D eigenvalue weighted by molar-refractivity contribution is 1.50. The Morgan fingerprint density at radius 1 is 1.38 bits per heavy atom. The van der Waals surface area contributed by atoms with Crippen LogP contribution in [0.3, 0.4) is 0 Å². The molecule has 0 bridgehead atoms. The van der Waals surface area contributed by atoms with E-state index in [0.717, 1.165) is 5.69 Å². The smallest absolute Gasteiger partial charge is 0.135 e. The Hall–Kier alpha value is -0.740. The molecule has 0 amide bonds. The largest absolute Gasteiger partial charge is 0.397 e. The number of nitrogens with two attached hydrogens (primary N) is 1. The highest BCUT2D eigenvalue weighted by Gasteiger charge is 1.95. The van der Waals surface area contributed by atoms with E-state index >= 15 is 0 Å². The topological polar surface area (TPSA) is 38.0 Å². The van der Waals surface area contributed by atoms with Crippen LogP contribution in [-0.2, 0) is 0 Å². The third-order valence-corrected chi connectivity index (χ3v) is 1.42. The van der Waals surface area contributed by atoms with E-state index < -0.39 is 0 Å². The van der Waals surface area contributed by atoms with Crippen molar-refractivity contribution in [2.75, 3.05) is 11.1 Å². The Kier molecular flexibility index (Phi) is 6.36. The Morgan fingerprint density at radius 3 is 2.38 bits per heavy atom. The molecule has 0 spiro atoms. The quantitative estimate of drug-likeness (QED) is 0.382. The van der Waals surface area contributed by atoms with Crippen LogP contribution in [0.4, 0.5) is 11.4 Å². The van der Waals surface area contributed by atoms with Gasteiger partial charge in [-0.2, -0.15) is 0 Å². The van der Waals surface area contributed by atoms with E-state index in [0.29, 0.717) is 10.0 Å². The monoisotopic (exact) mass is 214 g/mol. The van der Waals surface area contributed by atoms with Crippen molar-refractivity contribution >= 4 is 40.5 Å². The van der Waals surface area contributed by atoms with Crippen molar-refractivity contribution in [3.8, 4) is 0 Å². The number of nitrogen functional groups attached to an aromatic ring is 1. The standard InChI is InChI=1S/C7H8N2S2.C2H6/c8-5-3-1-2-4-6(5)9-7(10)11;1-2/h1-4H,8H2,(H2,9,10,11);1-2H3. The normalized spacial score (nSPS) is 8.23. The maximum absolute atomic E-state index is 5.61. The van der Waals surface area contributed by atoms with Gasteiger partial charge in [0.05, 0.1) is 11.4 Å².